The molecular weight excluding hydrogens is 492 g/mol. The van der Waals surface area contributed by atoms with Gasteiger partial charge in [0.05, 0.1) is 18.1 Å². The molecule has 4 saturated carbocycles. The van der Waals surface area contributed by atoms with Crippen LogP contribution in [0.4, 0.5) is 0 Å². The first kappa shape index (κ1) is 27.9. The van der Waals surface area contributed by atoms with E-state index in [1.54, 1.807) is 5.57 Å². The second kappa shape index (κ2) is 8.61. The van der Waals surface area contributed by atoms with E-state index in [0.29, 0.717) is 39.6 Å². The summed E-state index contributed by atoms with van der Waals surface area (Å²) >= 11 is 0. The Bertz CT molecular complexity index is 1110. The topological polar surface area (TPSA) is 58.9 Å². The molecule has 6 fully saturated rings. The van der Waals surface area contributed by atoms with Gasteiger partial charge in [-0.1, -0.05) is 60.1 Å². The molecule has 0 aromatic heterocycles. The first-order valence-corrected chi connectivity index (χ1v) is 17.1. The number of rotatable bonds is 2. The third kappa shape index (κ3) is 3.59. The summed E-state index contributed by atoms with van der Waals surface area (Å²) in [7, 11) is 0. The smallest absolute Gasteiger partial charge is 0.229 e. The van der Waals surface area contributed by atoms with Gasteiger partial charge in [-0.3, -0.25) is 4.79 Å². The van der Waals surface area contributed by atoms with Crippen molar-refractivity contribution < 1.29 is 9.53 Å². The van der Waals surface area contributed by atoms with Crippen LogP contribution in [-0.2, 0) is 9.53 Å². The molecule has 0 aromatic rings. The lowest BCUT2D eigenvalue weighted by Crippen LogP contribution is -2.65. The van der Waals surface area contributed by atoms with Crippen LogP contribution >= 0.6 is 0 Å². The van der Waals surface area contributed by atoms with E-state index in [1.165, 1.54) is 44.9 Å². The standard InChI is InChI=1S/C36H58N2O2/c1-31(2)15-17-36(30(39)38-19-12-23(37)21-38)18-16-34(6)24(26(36)20-31)8-9-29-33(5)13-10-25(27-22-40-27)32(3,4)28(33)11-14-35(29,34)7/h8,23,25-29H,9-22,37H2,1-7H3/t23-,25+,26-,27?,28-,29+,33-,34+,35+,36-/m0/s1. The van der Waals surface area contributed by atoms with E-state index in [1.807, 2.05) is 0 Å². The van der Waals surface area contributed by atoms with Crippen molar-refractivity contribution >= 4 is 5.91 Å². The van der Waals surface area contributed by atoms with Crippen LogP contribution in [0.3, 0.4) is 0 Å². The summed E-state index contributed by atoms with van der Waals surface area (Å²) in [6, 6.07) is 0.156. The fourth-order valence-electron chi connectivity index (χ4n) is 12.9. The number of carbonyl (C=O) groups excluding carboxylic acids is 1. The average molecular weight is 551 g/mol. The summed E-state index contributed by atoms with van der Waals surface area (Å²) in [5.74, 6) is 3.07. The molecule has 0 spiro atoms. The zero-order chi connectivity index (χ0) is 28.5. The minimum Gasteiger partial charge on any atom is -0.373 e. The van der Waals surface area contributed by atoms with Gasteiger partial charge >= 0.3 is 0 Å². The number of ether oxygens (including phenoxy) is 1. The van der Waals surface area contributed by atoms with Crippen LogP contribution in [-0.4, -0.2) is 42.6 Å². The highest BCUT2D eigenvalue weighted by Crippen LogP contribution is 2.76. The molecule has 2 N–H and O–H groups in total. The van der Waals surface area contributed by atoms with Crippen LogP contribution in [0.1, 0.15) is 119 Å². The molecule has 5 aliphatic carbocycles. The quantitative estimate of drug-likeness (QED) is 0.289. The number of carbonyl (C=O) groups is 1. The molecule has 2 aliphatic heterocycles. The van der Waals surface area contributed by atoms with Gasteiger partial charge in [-0.2, -0.15) is 0 Å². The molecule has 2 heterocycles. The molecular formula is C36H58N2O2. The number of hydrogen-bond donors (Lipinski definition) is 1. The number of amides is 1. The number of epoxide rings is 1. The van der Waals surface area contributed by atoms with Crippen molar-refractivity contribution in [1.29, 1.82) is 0 Å². The summed E-state index contributed by atoms with van der Waals surface area (Å²) < 4.78 is 5.90. The molecule has 40 heavy (non-hydrogen) atoms. The Morgan fingerprint density at radius 2 is 1.65 bits per heavy atom. The second-order valence-electron chi connectivity index (χ2n) is 18.0. The summed E-state index contributed by atoms with van der Waals surface area (Å²) in [6.45, 7) is 20.8. The second-order valence-corrected chi connectivity index (χ2v) is 18.0. The van der Waals surface area contributed by atoms with Gasteiger partial charge in [0.25, 0.3) is 0 Å². The van der Waals surface area contributed by atoms with Gasteiger partial charge < -0.3 is 15.4 Å². The predicted octanol–water partition coefficient (Wildman–Crippen LogP) is 7.36. The maximum Gasteiger partial charge on any atom is 0.229 e. The molecule has 0 bridgehead atoms. The van der Waals surface area contributed by atoms with E-state index in [4.69, 9.17) is 10.5 Å². The molecule has 4 heteroatoms. The number of hydrogen-bond acceptors (Lipinski definition) is 3. The number of fused-ring (bicyclic) bond motifs is 7. The van der Waals surface area contributed by atoms with Gasteiger partial charge in [-0.05, 0) is 121 Å². The number of likely N-dealkylation sites (tertiary alicyclic amines) is 1. The first-order valence-electron chi connectivity index (χ1n) is 17.1. The molecule has 224 valence electrons. The lowest BCUT2D eigenvalue weighted by Gasteiger charge is -2.71. The van der Waals surface area contributed by atoms with Crippen LogP contribution in [0.2, 0.25) is 0 Å². The minimum atomic E-state index is -0.209. The van der Waals surface area contributed by atoms with Gasteiger partial charge in [0.1, 0.15) is 0 Å². The fraction of sp³-hybridized carbons (Fsp3) is 0.917. The monoisotopic (exact) mass is 550 g/mol. The van der Waals surface area contributed by atoms with Crippen LogP contribution < -0.4 is 5.73 Å². The maximum absolute atomic E-state index is 14.5. The normalized spacial score (nSPS) is 52.5. The van der Waals surface area contributed by atoms with E-state index in [9.17, 15) is 4.79 Å². The van der Waals surface area contributed by atoms with E-state index in [2.05, 4.69) is 59.4 Å². The molecule has 0 aromatic carbocycles. The van der Waals surface area contributed by atoms with Crippen molar-refractivity contribution in [1.82, 2.24) is 4.90 Å². The first-order chi connectivity index (χ1) is 18.7. The zero-order valence-corrected chi connectivity index (χ0v) is 26.8. The number of nitrogens with zero attached hydrogens (tertiary/aromatic N) is 1. The highest BCUT2D eigenvalue weighted by atomic mass is 16.6. The lowest BCUT2D eigenvalue weighted by atomic mass is 9.33. The molecule has 4 nitrogen and oxygen atoms in total. The SMILES string of the molecule is CC1(C)CC[C@]2(C(=O)N3CC[C@H](N)C3)CC[C@]3(C)C(=CC[C@@H]4[C@@]5(C)CC[C@H](C6CO6)C(C)(C)[C@@H]5CC[C@]43C)[C@@H]2C1. The number of nitrogens with two attached hydrogens (primary N) is 1. The van der Waals surface area contributed by atoms with Crippen molar-refractivity contribution in [3.8, 4) is 0 Å². The van der Waals surface area contributed by atoms with Gasteiger partial charge in [0.15, 0.2) is 0 Å². The van der Waals surface area contributed by atoms with E-state index in [-0.39, 0.29) is 16.9 Å². The highest BCUT2D eigenvalue weighted by Gasteiger charge is 2.70. The van der Waals surface area contributed by atoms with Crippen molar-refractivity contribution in [3.63, 3.8) is 0 Å². The molecule has 7 aliphatic rings. The molecule has 7 rings (SSSR count). The van der Waals surface area contributed by atoms with E-state index in [0.717, 1.165) is 63.1 Å². The van der Waals surface area contributed by atoms with E-state index < -0.39 is 0 Å². The third-order valence-electron chi connectivity index (χ3n) is 15.5. The summed E-state index contributed by atoms with van der Waals surface area (Å²) in [5.41, 5.74) is 9.32. The molecule has 1 unspecified atom stereocenters. The van der Waals surface area contributed by atoms with Gasteiger partial charge in [-0.25, -0.2) is 0 Å². The van der Waals surface area contributed by atoms with Gasteiger partial charge in [0, 0.05) is 19.1 Å². The number of allylic oxidation sites excluding steroid dienone is 2. The van der Waals surface area contributed by atoms with Crippen LogP contribution in [0, 0.1) is 56.2 Å². The van der Waals surface area contributed by atoms with Crippen LogP contribution in [0.15, 0.2) is 11.6 Å². The van der Waals surface area contributed by atoms with Crippen molar-refractivity contribution in [2.45, 2.75) is 131 Å². The van der Waals surface area contributed by atoms with Gasteiger partial charge in [-0.15, -0.1) is 0 Å². The van der Waals surface area contributed by atoms with Gasteiger partial charge in [0.2, 0.25) is 5.91 Å². The molecule has 10 atom stereocenters. The third-order valence-corrected chi connectivity index (χ3v) is 15.5. The predicted molar refractivity (Wildman–Crippen MR) is 161 cm³/mol. The summed E-state index contributed by atoms with van der Waals surface area (Å²) in [6.07, 6.45) is 16.5. The molecule has 0 radical (unpaired) electrons. The lowest BCUT2D eigenvalue weighted by molar-refractivity contribution is -0.196. The largest absolute Gasteiger partial charge is 0.373 e. The fourth-order valence-corrected chi connectivity index (χ4v) is 12.9. The van der Waals surface area contributed by atoms with Crippen molar-refractivity contribution in [2.75, 3.05) is 19.7 Å². The van der Waals surface area contributed by atoms with Crippen LogP contribution in [0.5, 0.6) is 0 Å². The Morgan fingerprint density at radius 3 is 2.33 bits per heavy atom. The average Bonchev–Trinajstić information content (AvgIpc) is 3.62. The molecule has 1 amide bonds. The zero-order valence-electron chi connectivity index (χ0n) is 26.8. The summed E-state index contributed by atoms with van der Waals surface area (Å²) in [5, 5.41) is 0. The Balaban J connectivity index is 1.27. The molecule has 2 saturated heterocycles. The van der Waals surface area contributed by atoms with Crippen LogP contribution in [0.25, 0.3) is 0 Å². The Hall–Kier alpha value is -0.870. The van der Waals surface area contributed by atoms with E-state index >= 15 is 0 Å². The highest BCUT2D eigenvalue weighted by molar-refractivity contribution is 5.84. The Kier molecular flexibility index (Phi) is 6.01. The Labute approximate surface area is 244 Å². The minimum absolute atomic E-state index is 0.156. The Morgan fingerprint density at radius 1 is 0.925 bits per heavy atom. The van der Waals surface area contributed by atoms with Crippen molar-refractivity contribution in [2.24, 2.45) is 61.9 Å². The maximum atomic E-state index is 14.5. The van der Waals surface area contributed by atoms with Crippen molar-refractivity contribution in [3.05, 3.63) is 11.6 Å². The summed E-state index contributed by atoms with van der Waals surface area (Å²) in [4.78, 5) is 16.7.